The molecule has 0 aromatic carbocycles. The summed E-state index contributed by atoms with van der Waals surface area (Å²) in [5.74, 6) is 0.646. The Balaban J connectivity index is 2.42. The summed E-state index contributed by atoms with van der Waals surface area (Å²) in [6, 6.07) is 3.72. The SMILES string of the molecule is CCCC(C=Nc1nc(N)nc2ccc(C)nc12)CO. The fourth-order valence-electron chi connectivity index (χ4n) is 1.96. The van der Waals surface area contributed by atoms with Gasteiger partial charge < -0.3 is 10.8 Å². The predicted molar refractivity (Wildman–Crippen MR) is 80.1 cm³/mol. The van der Waals surface area contributed by atoms with E-state index in [1.807, 2.05) is 19.1 Å². The molecule has 0 spiro atoms. The van der Waals surface area contributed by atoms with Crippen molar-refractivity contribution in [2.24, 2.45) is 10.9 Å². The Morgan fingerprint density at radius 1 is 1.35 bits per heavy atom. The zero-order valence-corrected chi connectivity index (χ0v) is 11.7. The van der Waals surface area contributed by atoms with Crippen molar-refractivity contribution in [1.82, 2.24) is 15.0 Å². The average Bonchev–Trinajstić information content (AvgIpc) is 2.43. The quantitative estimate of drug-likeness (QED) is 0.812. The van der Waals surface area contributed by atoms with Gasteiger partial charge in [-0.15, -0.1) is 0 Å². The van der Waals surface area contributed by atoms with Gasteiger partial charge in [0.2, 0.25) is 5.95 Å². The number of nitrogens with two attached hydrogens (primary N) is 1. The third-order valence-corrected chi connectivity index (χ3v) is 2.98. The Kier molecular flexibility index (Phi) is 4.57. The van der Waals surface area contributed by atoms with Crippen molar-refractivity contribution in [1.29, 1.82) is 0 Å². The van der Waals surface area contributed by atoms with Crippen molar-refractivity contribution < 1.29 is 5.11 Å². The molecule has 1 unspecified atom stereocenters. The zero-order valence-electron chi connectivity index (χ0n) is 11.7. The van der Waals surface area contributed by atoms with Crippen LogP contribution >= 0.6 is 0 Å². The maximum atomic E-state index is 9.28. The first-order chi connectivity index (χ1) is 9.63. The average molecular weight is 273 g/mol. The zero-order chi connectivity index (χ0) is 14.5. The van der Waals surface area contributed by atoms with Crippen LogP contribution in [0.4, 0.5) is 11.8 Å². The molecular formula is C14H19N5O. The van der Waals surface area contributed by atoms with Crippen LogP contribution in [0.5, 0.6) is 0 Å². The molecule has 0 aliphatic heterocycles. The van der Waals surface area contributed by atoms with Crippen LogP contribution in [-0.4, -0.2) is 32.9 Å². The molecule has 0 aliphatic rings. The summed E-state index contributed by atoms with van der Waals surface area (Å²) >= 11 is 0. The van der Waals surface area contributed by atoms with Gasteiger partial charge >= 0.3 is 0 Å². The van der Waals surface area contributed by atoms with Crippen molar-refractivity contribution in [2.75, 3.05) is 12.3 Å². The van der Waals surface area contributed by atoms with Crippen LogP contribution < -0.4 is 5.73 Å². The first-order valence-electron chi connectivity index (χ1n) is 6.70. The molecule has 6 nitrogen and oxygen atoms in total. The fraction of sp³-hybridized carbons (Fsp3) is 0.429. The van der Waals surface area contributed by atoms with E-state index in [2.05, 4.69) is 26.9 Å². The summed E-state index contributed by atoms with van der Waals surface area (Å²) in [5, 5.41) is 9.28. The topological polar surface area (TPSA) is 97.3 Å². The highest BCUT2D eigenvalue weighted by atomic mass is 16.3. The molecule has 0 fully saturated rings. The number of hydrogen-bond donors (Lipinski definition) is 2. The number of hydrogen-bond acceptors (Lipinski definition) is 6. The van der Waals surface area contributed by atoms with E-state index >= 15 is 0 Å². The van der Waals surface area contributed by atoms with Crippen LogP contribution in [0.2, 0.25) is 0 Å². The molecule has 0 bridgehead atoms. The van der Waals surface area contributed by atoms with Crippen molar-refractivity contribution >= 4 is 29.0 Å². The molecule has 0 amide bonds. The number of fused-ring (bicyclic) bond motifs is 1. The van der Waals surface area contributed by atoms with Gasteiger partial charge in [-0.25, -0.2) is 15.0 Å². The standard InChI is InChI=1S/C14H19N5O/c1-3-4-10(8-20)7-16-13-12-11(18-14(15)19-13)6-5-9(2)17-12/h5-7,10,20H,3-4,8H2,1-2H3,(H2,15,18,19). The van der Waals surface area contributed by atoms with Gasteiger partial charge in [-0.3, -0.25) is 0 Å². The molecule has 0 radical (unpaired) electrons. The highest BCUT2D eigenvalue weighted by Gasteiger charge is 2.08. The highest BCUT2D eigenvalue weighted by Crippen LogP contribution is 2.22. The molecule has 2 heterocycles. The lowest BCUT2D eigenvalue weighted by molar-refractivity contribution is 0.257. The number of aryl methyl sites for hydroxylation is 1. The number of aliphatic imine (C=N–C) groups is 1. The van der Waals surface area contributed by atoms with Gasteiger partial charge in [0, 0.05) is 17.8 Å². The third kappa shape index (κ3) is 3.27. The number of nitrogen functional groups attached to an aromatic ring is 1. The summed E-state index contributed by atoms with van der Waals surface area (Å²) in [4.78, 5) is 17.0. The summed E-state index contributed by atoms with van der Waals surface area (Å²) in [6.07, 6.45) is 3.58. The van der Waals surface area contributed by atoms with Crippen molar-refractivity contribution in [3.63, 3.8) is 0 Å². The molecule has 2 aromatic heterocycles. The van der Waals surface area contributed by atoms with E-state index in [4.69, 9.17) is 5.73 Å². The van der Waals surface area contributed by atoms with Crippen LogP contribution in [-0.2, 0) is 0 Å². The number of aromatic nitrogens is 3. The van der Waals surface area contributed by atoms with E-state index in [0.717, 1.165) is 18.5 Å². The Labute approximate surface area is 117 Å². The van der Waals surface area contributed by atoms with Crippen LogP contribution in [0, 0.1) is 12.8 Å². The van der Waals surface area contributed by atoms with Crippen molar-refractivity contribution in [3.05, 3.63) is 17.8 Å². The minimum Gasteiger partial charge on any atom is -0.396 e. The number of rotatable bonds is 5. The van der Waals surface area contributed by atoms with E-state index in [1.165, 1.54) is 0 Å². The molecule has 6 heteroatoms. The molecule has 2 aromatic rings. The lowest BCUT2D eigenvalue weighted by Crippen LogP contribution is -2.07. The van der Waals surface area contributed by atoms with Crippen LogP contribution in [0.15, 0.2) is 17.1 Å². The number of anilines is 1. The van der Waals surface area contributed by atoms with E-state index in [0.29, 0.717) is 16.9 Å². The largest absolute Gasteiger partial charge is 0.396 e. The molecule has 1 atom stereocenters. The Bertz CT molecular complexity index is 626. The van der Waals surface area contributed by atoms with Gasteiger partial charge in [0.1, 0.15) is 5.52 Å². The maximum Gasteiger partial charge on any atom is 0.222 e. The van der Waals surface area contributed by atoms with Crippen LogP contribution in [0.25, 0.3) is 11.0 Å². The molecule has 3 N–H and O–H groups in total. The Hall–Kier alpha value is -2.08. The monoisotopic (exact) mass is 273 g/mol. The number of aliphatic hydroxyl groups excluding tert-OH is 1. The predicted octanol–water partition coefficient (Wildman–Crippen LogP) is 2.03. The van der Waals surface area contributed by atoms with Gasteiger partial charge in [-0.1, -0.05) is 13.3 Å². The second-order valence-electron chi connectivity index (χ2n) is 4.74. The van der Waals surface area contributed by atoms with Crippen molar-refractivity contribution in [2.45, 2.75) is 26.7 Å². The normalized spacial score (nSPS) is 13.2. The van der Waals surface area contributed by atoms with E-state index in [-0.39, 0.29) is 18.5 Å². The molecule has 106 valence electrons. The molecular weight excluding hydrogens is 254 g/mol. The first-order valence-corrected chi connectivity index (χ1v) is 6.70. The molecule has 0 aliphatic carbocycles. The van der Waals surface area contributed by atoms with Gasteiger partial charge in [0.25, 0.3) is 0 Å². The third-order valence-electron chi connectivity index (χ3n) is 2.98. The van der Waals surface area contributed by atoms with E-state index in [1.54, 1.807) is 6.21 Å². The number of nitrogens with zero attached hydrogens (tertiary/aromatic N) is 4. The second-order valence-corrected chi connectivity index (χ2v) is 4.74. The molecule has 0 saturated carbocycles. The van der Waals surface area contributed by atoms with Gasteiger partial charge in [0.15, 0.2) is 5.82 Å². The Morgan fingerprint density at radius 2 is 2.15 bits per heavy atom. The second kappa shape index (κ2) is 6.38. The van der Waals surface area contributed by atoms with Gasteiger partial charge in [-0.05, 0) is 25.5 Å². The van der Waals surface area contributed by atoms with Crippen LogP contribution in [0.1, 0.15) is 25.5 Å². The molecule has 2 rings (SSSR count). The summed E-state index contributed by atoms with van der Waals surface area (Å²) < 4.78 is 0. The van der Waals surface area contributed by atoms with Gasteiger partial charge in [-0.2, -0.15) is 4.98 Å². The minimum absolute atomic E-state index is 0.0241. The Morgan fingerprint density at radius 3 is 2.85 bits per heavy atom. The summed E-state index contributed by atoms with van der Waals surface area (Å²) in [6.45, 7) is 4.04. The van der Waals surface area contributed by atoms with Gasteiger partial charge in [0.05, 0.1) is 12.1 Å². The lowest BCUT2D eigenvalue weighted by atomic mass is 10.1. The fourth-order valence-corrected chi connectivity index (χ4v) is 1.96. The maximum absolute atomic E-state index is 9.28. The lowest BCUT2D eigenvalue weighted by Gasteiger charge is -2.06. The highest BCUT2D eigenvalue weighted by molar-refractivity contribution is 5.86. The number of aliphatic hydroxyl groups is 1. The van der Waals surface area contributed by atoms with Crippen LogP contribution in [0.3, 0.4) is 0 Å². The van der Waals surface area contributed by atoms with E-state index < -0.39 is 0 Å². The molecule has 0 saturated heterocycles. The summed E-state index contributed by atoms with van der Waals surface area (Å²) in [7, 11) is 0. The van der Waals surface area contributed by atoms with Crippen molar-refractivity contribution in [3.8, 4) is 0 Å². The van der Waals surface area contributed by atoms with E-state index in [9.17, 15) is 5.11 Å². The first kappa shape index (κ1) is 14.3. The smallest absolute Gasteiger partial charge is 0.222 e. The molecule has 20 heavy (non-hydrogen) atoms. The number of pyridine rings is 1. The minimum atomic E-state index is 0.0241. The summed E-state index contributed by atoms with van der Waals surface area (Å²) in [5.41, 5.74) is 7.86.